The predicted molar refractivity (Wildman–Crippen MR) is 83.7 cm³/mol. The van der Waals surface area contributed by atoms with E-state index in [0.29, 0.717) is 22.2 Å². The first-order chi connectivity index (χ1) is 10.1. The molecule has 0 aliphatic carbocycles. The molecule has 2 rings (SSSR count). The van der Waals surface area contributed by atoms with E-state index < -0.39 is 0 Å². The van der Waals surface area contributed by atoms with Gasteiger partial charge in [0.15, 0.2) is 0 Å². The van der Waals surface area contributed by atoms with Gasteiger partial charge in [0.25, 0.3) is 0 Å². The van der Waals surface area contributed by atoms with Crippen molar-refractivity contribution >= 4 is 28.3 Å². The molecule has 0 unspecified atom stereocenters. The van der Waals surface area contributed by atoms with E-state index in [4.69, 9.17) is 16.3 Å². The van der Waals surface area contributed by atoms with E-state index in [2.05, 4.69) is 22.1 Å². The number of nitrogens with one attached hydrogen (secondary N) is 2. The number of halogens is 1. The molecule has 1 aromatic heterocycles. The summed E-state index contributed by atoms with van der Waals surface area (Å²) in [6.07, 6.45) is 1.70. The van der Waals surface area contributed by atoms with Crippen LogP contribution in [-0.4, -0.2) is 29.6 Å². The van der Waals surface area contributed by atoms with Crippen molar-refractivity contribution in [2.45, 2.75) is 6.92 Å². The van der Waals surface area contributed by atoms with E-state index in [1.54, 1.807) is 38.3 Å². The molecule has 0 spiro atoms. The molecule has 0 aliphatic rings. The van der Waals surface area contributed by atoms with Crippen LogP contribution in [0.3, 0.4) is 0 Å². The van der Waals surface area contributed by atoms with Crippen LogP contribution in [-0.2, 0) is 0 Å². The first-order valence-electron chi connectivity index (χ1n) is 6.37. The van der Waals surface area contributed by atoms with Gasteiger partial charge in [0.05, 0.1) is 17.8 Å². The average Bonchev–Trinajstić information content (AvgIpc) is 2.94. The number of aromatic amines is 1. The first kappa shape index (κ1) is 15.1. The Morgan fingerprint density at radius 3 is 3.00 bits per heavy atom. The lowest BCUT2D eigenvalue weighted by atomic mass is 10.1. The van der Waals surface area contributed by atoms with Crippen LogP contribution >= 0.6 is 11.6 Å². The summed E-state index contributed by atoms with van der Waals surface area (Å²) >= 11 is 5.83. The zero-order chi connectivity index (χ0) is 15.4. The molecule has 2 aromatic rings. The van der Waals surface area contributed by atoms with Gasteiger partial charge in [-0.2, -0.15) is 5.10 Å². The van der Waals surface area contributed by atoms with Crippen LogP contribution in [0, 0.1) is 0 Å². The minimum Gasteiger partial charge on any atom is -0.497 e. The summed E-state index contributed by atoms with van der Waals surface area (Å²) in [4.78, 5) is 12.4. The number of carbonyl (C=O) groups is 1. The zero-order valence-electron chi connectivity index (χ0n) is 11.9. The number of hydrogen-bond donors (Lipinski definition) is 2. The van der Waals surface area contributed by atoms with E-state index in [1.807, 2.05) is 0 Å². The summed E-state index contributed by atoms with van der Waals surface area (Å²) < 4.78 is 5.14. The smallest absolute Gasteiger partial charge is 0.211 e. The molecule has 6 heteroatoms. The molecule has 21 heavy (non-hydrogen) atoms. The van der Waals surface area contributed by atoms with Crippen LogP contribution in [0.4, 0.5) is 0 Å². The highest BCUT2D eigenvalue weighted by molar-refractivity contribution is 6.29. The summed E-state index contributed by atoms with van der Waals surface area (Å²) in [5.41, 5.74) is 1.47. The molecule has 5 nitrogen and oxygen atoms in total. The second kappa shape index (κ2) is 6.45. The predicted octanol–water partition coefficient (Wildman–Crippen LogP) is 3.00. The maximum Gasteiger partial charge on any atom is 0.211 e. The van der Waals surface area contributed by atoms with Crippen LogP contribution in [0.2, 0.25) is 0 Å². The van der Waals surface area contributed by atoms with Crippen LogP contribution < -0.4 is 10.1 Å². The van der Waals surface area contributed by atoms with Crippen LogP contribution in [0.5, 0.6) is 5.75 Å². The van der Waals surface area contributed by atoms with Gasteiger partial charge in [-0.1, -0.05) is 24.3 Å². The summed E-state index contributed by atoms with van der Waals surface area (Å²) in [7, 11) is 1.59. The number of hydrogen-bond acceptors (Lipinski definition) is 4. The van der Waals surface area contributed by atoms with Gasteiger partial charge < -0.3 is 10.1 Å². The zero-order valence-corrected chi connectivity index (χ0v) is 12.6. The molecule has 1 aromatic carbocycles. The number of methoxy groups -OCH3 is 1. The summed E-state index contributed by atoms with van der Waals surface area (Å²) in [5, 5.41) is 11.0. The van der Waals surface area contributed by atoms with Crippen molar-refractivity contribution in [1.29, 1.82) is 0 Å². The van der Waals surface area contributed by atoms with Crippen molar-refractivity contribution in [1.82, 2.24) is 15.5 Å². The number of ketones is 1. The molecular weight excluding hydrogens is 290 g/mol. The van der Waals surface area contributed by atoms with Gasteiger partial charge in [-0.25, -0.2) is 0 Å². The van der Waals surface area contributed by atoms with Gasteiger partial charge in [-0.05, 0) is 19.1 Å². The highest BCUT2D eigenvalue weighted by Crippen LogP contribution is 2.22. The van der Waals surface area contributed by atoms with E-state index >= 15 is 0 Å². The number of ether oxygens (including phenoxy) is 1. The first-order valence-corrected chi connectivity index (χ1v) is 6.75. The van der Waals surface area contributed by atoms with Crippen molar-refractivity contribution in [2.75, 3.05) is 13.7 Å². The van der Waals surface area contributed by atoms with Gasteiger partial charge in [0, 0.05) is 23.6 Å². The third kappa shape index (κ3) is 3.25. The molecule has 2 N–H and O–H groups in total. The molecule has 0 bridgehead atoms. The van der Waals surface area contributed by atoms with Gasteiger partial charge >= 0.3 is 0 Å². The topological polar surface area (TPSA) is 67.0 Å². The Bertz CT molecular complexity index is 719. The summed E-state index contributed by atoms with van der Waals surface area (Å²) in [5.74, 6) is 0.477. The standard InChI is InChI=1S/C15H16ClN3O2/c1-4-13(16)17-8-9(2)15(20)14-11-6-5-10(21-3)7-12(11)18-19-14/h4-7,17H,2,8H2,1,3H3,(H,18,19)/b13-4-. The van der Waals surface area contributed by atoms with Crippen molar-refractivity contribution < 1.29 is 9.53 Å². The number of fused-ring (bicyclic) bond motifs is 1. The number of rotatable bonds is 6. The highest BCUT2D eigenvalue weighted by Gasteiger charge is 2.17. The molecule has 0 amide bonds. The van der Waals surface area contributed by atoms with Crippen LogP contribution in [0.1, 0.15) is 17.4 Å². The lowest BCUT2D eigenvalue weighted by molar-refractivity contribution is 0.102. The van der Waals surface area contributed by atoms with Crippen molar-refractivity contribution in [3.63, 3.8) is 0 Å². The fraction of sp³-hybridized carbons (Fsp3) is 0.200. The second-order valence-electron chi connectivity index (χ2n) is 4.41. The Hall–Kier alpha value is -2.27. The van der Waals surface area contributed by atoms with Crippen molar-refractivity contribution in [3.8, 4) is 5.75 Å². The minimum atomic E-state index is -0.223. The summed E-state index contributed by atoms with van der Waals surface area (Å²) in [6.45, 7) is 5.85. The van der Waals surface area contributed by atoms with Gasteiger partial charge in [0.2, 0.25) is 5.78 Å². The van der Waals surface area contributed by atoms with Crippen molar-refractivity contribution in [2.24, 2.45) is 0 Å². The Balaban J connectivity index is 2.21. The number of H-pyrrole nitrogens is 1. The van der Waals surface area contributed by atoms with Gasteiger partial charge in [-0.3, -0.25) is 9.89 Å². The molecule has 0 aliphatic heterocycles. The molecule has 0 saturated heterocycles. The minimum absolute atomic E-state index is 0.223. The summed E-state index contributed by atoms with van der Waals surface area (Å²) in [6, 6.07) is 5.37. The Labute approximate surface area is 127 Å². The fourth-order valence-electron chi connectivity index (χ4n) is 1.84. The SMILES string of the molecule is C=C(CN/C(Cl)=C\C)C(=O)c1n[nH]c2cc(OC)ccc12. The number of Topliss-reactive ketones (excluding diaryl/α,β-unsaturated/α-hetero) is 1. The maximum atomic E-state index is 12.4. The largest absolute Gasteiger partial charge is 0.497 e. The molecular formula is C15H16ClN3O2. The van der Waals surface area contributed by atoms with E-state index in [0.717, 1.165) is 10.9 Å². The number of allylic oxidation sites excluding steroid dienone is 1. The third-order valence-electron chi connectivity index (χ3n) is 3.03. The Kier molecular flexibility index (Phi) is 4.65. The Morgan fingerprint density at radius 2 is 2.33 bits per heavy atom. The fourth-order valence-corrected chi connectivity index (χ4v) is 1.91. The number of carbonyl (C=O) groups excluding carboxylic acids is 1. The van der Waals surface area contributed by atoms with E-state index in [1.165, 1.54) is 0 Å². The molecule has 0 radical (unpaired) electrons. The van der Waals surface area contributed by atoms with E-state index in [9.17, 15) is 4.79 Å². The van der Waals surface area contributed by atoms with Gasteiger partial charge in [-0.15, -0.1) is 0 Å². The maximum absolute atomic E-state index is 12.4. The third-order valence-corrected chi connectivity index (χ3v) is 3.38. The normalized spacial score (nSPS) is 11.5. The lowest BCUT2D eigenvalue weighted by Crippen LogP contribution is -2.18. The van der Waals surface area contributed by atoms with Crippen LogP contribution in [0.15, 0.2) is 41.6 Å². The molecule has 0 saturated carbocycles. The van der Waals surface area contributed by atoms with Crippen molar-refractivity contribution in [3.05, 3.63) is 47.3 Å². The molecule has 1 heterocycles. The lowest BCUT2D eigenvalue weighted by Gasteiger charge is -2.06. The quantitative estimate of drug-likeness (QED) is 0.489. The van der Waals surface area contributed by atoms with Crippen LogP contribution in [0.25, 0.3) is 10.9 Å². The molecule has 110 valence electrons. The molecule has 0 fully saturated rings. The number of aromatic nitrogens is 2. The second-order valence-corrected chi connectivity index (χ2v) is 4.81. The number of benzene rings is 1. The Morgan fingerprint density at radius 1 is 1.57 bits per heavy atom. The average molecular weight is 306 g/mol. The highest BCUT2D eigenvalue weighted by atomic mass is 35.5. The van der Waals surface area contributed by atoms with Gasteiger partial charge in [0.1, 0.15) is 11.4 Å². The van der Waals surface area contributed by atoms with E-state index in [-0.39, 0.29) is 12.3 Å². The molecule has 0 atom stereocenters. The number of nitrogens with zero attached hydrogens (tertiary/aromatic N) is 1. The monoisotopic (exact) mass is 305 g/mol.